The Balaban J connectivity index is 3.17. The summed E-state index contributed by atoms with van der Waals surface area (Å²) in [4.78, 5) is 23.2. The Morgan fingerprint density at radius 3 is 2.43 bits per heavy atom. The van der Waals surface area contributed by atoms with Gasteiger partial charge in [0.05, 0.1) is 25.9 Å². The predicted molar refractivity (Wildman–Crippen MR) is 74.0 cm³/mol. The SMILES string of the molecule is COC(=O)[C@@]1(OC)C[C@H](O)[C@H](NC(C)=O)C([C@H](O)[C@@H](O)CO)O1. The molecule has 1 fully saturated rings. The topological polar surface area (TPSA) is 155 Å². The normalized spacial score (nSPS) is 33.6. The first-order valence-electron chi connectivity index (χ1n) is 6.96. The van der Waals surface area contributed by atoms with E-state index in [1.165, 1.54) is 6.92 Å². The van der Waals surface area contributed by atoms with E-state index in [0.29, 0.717) is 0 Å². The molecule has 134 valence electrons. The summed E-state index contributed by atoms with van der Waals surface area (Å²) in [6.07, 6.45) is -6.44. The number of methoxy groups -OCH3 is 2. The molecule has 23 heavy (non-hydrogen) atoms. The molecular weight excluding hydrogens is 314 g/mol. The Labute approximate surface area is 133 Å². The lowest BCUT2D eigenvalue weighted by molar-refractivity contribution is -0.305. The van der Waals surface area contributed by atoms with E-state index in [1.807, 2.05) is 0 Å². The van der Waals surface area contributed by atoms with E-state index in [2.05, 4.69) is 10.1 Å². The van der Waals surface area contributed by atoms with Crippen LogP contribution in [0.5, 0.6) is 0 Å². The van der Waals surface area contributed by atoms with Crippen molar-refractivity contribution in [2.24, 2.45) is 0 Å². The number of carbonyl (C=O) groups is 2. The Morgan fingerprint density at radius 1 is 1.39 bits per heavy atom. The first-order chi connectivity index (χ1) is 10.7. The molecule has 0 aromatic carbocycles. The van der Waals surface area contributed by atoms with E-state index in [1.54, 1.807) is 0 Å². The number of aliphatic hydroxyl groups excluding tert-OH is 4. The van der Waals surface area contributed by atoms with Crippen molar-refractivity contribution in [2.75, 3.05) is 20.8 Å². The van der Waals surface area contributed by atoms with Gasteiger partial charge in [0.2, 0.25) is 5.91 Å². The minimum absolute atomic E-state index is 0.362. The molecule has 0 aromatic rings. The van der Waals surface area contributed by atoms with Crippen LogP contribution in [0.25, 0.3) is 0 Å². The Bertz CT molecular complexity index is 432. The summed E-state index contributed by atoms with van der Waals surface area (Å²) in [5.41, 5.74) is 0. The van der Waals surface area contributed by atoms with Gasteiger partial charge in [-0.05, 0) is 0 Å². The predicted octanol–water partition coefficient (Wildman–Crippen LogP) is -3.13. The summed E-state index contributed by atoms with van der Waals surface area (Å²) in [6.45, 7) is 0.402. The summed E-state index contributed by atoms with van der Waals surface area (Å²) in [5.74, 6) is -3.48. The standard InChI is InChI=1S/C13H23NO9/c1-6(16)14-9-7(17)4-13(22-3,12(20)21-2)23-11(9)10(19)8(18)5-15/h7-11,15,17-19H,4-5H2,1-3H3,(H,14,16)/t7-,8-,9-,10+,11?,13+/m0/s1. The molecule has 10 nitrogen and oxygen atoms in total. The monoisotopic (exact) mass is 337 g/mol. The molecule has 6 atom stereocenters. The number of carbonyl (C=O) groups excluding carboxylic acids is 2. The molecule has 1 saturated heterocycles. The van der Waals surface area contributed by atoms with Gasteiger partial charge in [-0.25, -0.2) is 4.79 Å². The number of hydrogen-bond acceptors (Lipinski definition) is 9. The zero-order valence-corrected chi connectivity index (χ0v) is 13.1. The molecule has 0 bridgehead atoms. The van der Waals surface area contributed by atoms with Crippen molar-refractivity contribution in [1.29, 1.82) is 0 Å². The molecule has 1 aliphatic heterocycles. The summed E-state index contributed by atoms with van der Waals surface area (Å²) in [6, 6.07) is -1.13. The quantitative estimate of drug-likeness (QED) is 0.316. The third-order valence-corrected chi connectivity index (χ3v) is 3.69. The molecule has 0 aromatic heterocycles. The minimum Gasteiger partial charge on any atom is -0.465 e. The van der Waals surface area contributed by atoms with E-state index < -0.39 is 54.7 Å². The highest BCUT2D eigenvalue weighted by Gasteiger charge is 2.55. The van der Waals surface area contributed by atoms with E-state index in [4.69, 9.17) is 14.6 Å². The lowest BCUT2D eigenvalue weighted by Crippen LogP contribution is -2.67. The van der Waals surface area contributed by atoms with Gasteiger partial charge < -0.3 is 40.0 Å². The van der Waals surface area contributed by atoms with Crippen LogP contribution in [0, 0.1) is 0 Å². The maximum atomic E-state index is 11.9. The van der Waals surface area contributed by atoms with Gasteiger partial charge in [0, 0.05) is 20.5 Å². The minimum atomic E-state index is -2.01. The summed E-state index contributed by atoms with van der Waals surface area (Å²) in [7, 11) is 2.24. The van der Waals surface area contributed by atoms with Crippen LogP contribution >= 0.6 is 0 Å². The fourth-order valence-electron chi connectivity index (χ4n) is 2.49. The highest BCUT2D eigenvalue weighted by atomic mass is 16.7. The van der Waals surface area contributed by atoms with E-state index >= 15 is 0 Å². The molecular formula is C13H23NO9. The van der Waals surface area contributed by atoms with Crippen molar-refractivity contribution in [3.63, 3.8) is 0 Å². The largest absolute Gasteiger partial charge is 0.465 e. The van der Waals surface area contributed by atoms with Crippen LogP contribution < -0.4 is 5.32 Å². The molecule has 1 unspecified atom stereocenters. The van der Waals surface area contributed by atoms with Crippen LogP contribution in [0.1, 0.15) is 13.3 Å². The van der Waals surface area contributed by atoms with Crippen LogP contribution in [-0.2, 0) is 23.8 Å². The molecule has 0 radical (unpaired) electrons. The number of hydrogen-bond donors (Lipinski definition) is 5. The molecule has 0 aliphatic carbocycles. The van der Waals surface area contributed by atoms with Crippen molar-refractivity contribution < 1.29 is 44.2 Å². The molecule has 10 heteroatoms. The average Bonchev–Trinajstić information content (AvgIpc) is 2.53. The van der Waals surface area contributed by atoms with Crippen LogP contribution in [0.3, 0.4) is 0 Å². The summed E-state index contributed by atoms with van der Waals surface area (Å²) < 4.78 is 15.1. The van der Waals surface area contributed by atoms with Gasteiger partial charge in [-0.2, -0.15) is 0 Å². The fourth-order valence-corrected chi connectivity index (χ4v) is 2.49. The summed E-state index contributed by atoms with van der Waals surface area (Å²) in [5, 5.41) is 41.4. The second-order valence-corrected chi connectivity index (χ2v) is 5.27. The third kappa shape index (κ3) is 4.16. The average molecular weight is 337 g/mol. The van der Waals surface area contributed by atoms with Gasteiger partial charge in [0.15, 0.2) is 0 Å². The van der Waals surface area contributed by atoms with E-state index in [9.17, 15) is 24.9 Å². The van der Waals surface area contributed by atoms with E-state index in [0.717, 1.165) is 14.2 Å². The molecule has 1 amide bonds. The van der Waals surface area contributed by atoms with Crippen molar-refractivity contribution in [3.8, 4) is 0 Å². The van der Waals surface area contributed by atoms with Crippen molar-refractivity contribution in [3.05, 3.63) is 0 Å². The molecule has 1 aliphatic rings. The number of aliphatic hydroxyl groups is 4. The van der Waals surface area contributed by atoms with Crippen LogP contribution in [0.15, 0.2) is 0 Å². The lowest BCUT2D eigenvalue weighted by Gasteiger charge is -2.46. The van der Waals surface area contributed by atoms with Gasteiger partial charge in [-0.1, -0.05) is 0 Å². The number of ether oxygens (including phenoxy) is 3. The molecule has 0 saturated carbocycles. The zero-order chi connectivity index (χ0) is 17.8. The van der Waals surface area contributed by atoms with Crippen molar-refractivity contribution in [2.45, 2.75) is 49.6 Å². The third-order valence-electron chi connectivity index (χ3n) is 3.69. The molecule has 1 rings (SSSR count). The Morgan fingerprint density at radius 2 is 2.00 bits per heavy atom. The first kappa shape index (κ1) is 19.7. The summed E-state index contributed by atoms with van der Waals surface area (Å²) >= 11 is 0. The Hall–Kier alpha value is -1.30. The van der Waals surface area contributed by atoms with Crippen LogP contribution in [-0.4, -0.2) is 89.4 Å². The maximum absolute atomic E-state index is 11.9. The highest BCUT2D eigenvalue weighted by molar-refractivity contribution is 5.78. The molecule has 0 spiro atoms. The second kappa shape index (κ2) is 7.99. The van der Waals surface area contributed by atoms with E-state index in [-0.39, 0.29) is 6.42 Å². The fraction of sp³-hybridized carbons (Fsp3) is 0.846. The number of rotatable bonds is 6. The Kier molecular flexibility index (Phi) is 6.86. The van der Waals surface area contributed by atoms with Crippen molar-refractivity contribution >= 4 is 11.9 Å². The maximum Gasteiger partial charge on any atom is 0.366 e. The first-order valence-corrected chi connectivity index (χ1v) is 6.96. The second-order valence-electron chi connectivity index (χ2n) is 5.27. The van der Waals surface area contributed by atoms with Crippen molar-refractivity contribution in [1.82, 2.24) is 5.32 Å². The molecule has 5 N–H and O–H groups in total. The highest BCUT2D eigenvalue weighted by Crippen LogP contribution is 2.33. The number of esters is 1. The van der Waals surface area contributed by atoms with Gasteiger partial charge in [0.25, 0.3) is 5.79 Å². The molecule has 1 heterocycles. The van der Waals surface area contributed by atoms with Gasteiger partial charge in [0.1, 0.15) is 18.3 Å². The van der Waals surface area contributed by atoms with Crippen LogP contribution in [0.2, 0.25) is 0 Å². The number of amides is 1. The van der Waals surface area contributed by atoms with Gasteiger partial charge in [-0.3, -0.25) is 4.79 Å². The zero-order valence-electron chi connectivity index (χ0n) is 13.1. The van der Waals surface area contributed by atoms with Gasteiger partial charge in [-0.15, -0.1) is 0 Å². The number of nitrogens with one attached hydrogen (secondary N) is 1. The smallest absolute Gasteiger partial charge is 0.366 e. The lowest BCUT2D eigenvalue weighted by atomic mass is 9.88. The van der Waals surface area contributed by atoms with Gasteiger partial charge >= 0.3 is 5.97 Å². The van der Waals surface area contributed by atoms with Crippen LogP contribution in [0.4, 0.5) is 0 Å².